The van der Waals surface area contributed by atoms with Gasteiger partial charge in [0.1, 0.15) is 0 Å². The van der Waals surface area contributed by atoms with Crippen LogP contribution in [0.1, 0.15) is 0 Å². The van der Waals surface area contributed by atoms with Gasteiger partial charge < -0.3 is 13.9 Å². The van der Waals surface area contributed by atoms with Crippen LogP contribution >= 0.6 is 7.60 Å². The van der Waals surface area contributed by atoms with Crippen LogP contribution in [0.5, 0.6) is 0 Å². The molecular formula is C13H19N2O4P. The molecule has 0 unspecified atom stereocenters. The number of hydrogen-bond donors (Lipinski definition) is 0. The van der Waals surface area contributed by atoms with Crippen LogP contribution < -0.4 is 4.90 Å². The predicted molar refractivity (Wildman–Crippen MR) is 77.2 cm³/mol. The zero-order valence-electron chi connectivity index (χ0n) is 11.7. The van der Waals surface area contributed by atoms with Gasteiger partial charge in [0.25, 0.3) is 0 Å². The lowest BCUT2D eigenvalue weighted by Gasteiger charge is -2.20. The van der Waals surface area contributed by atoms with E-state index in [0.29, 0.717) is 19.6 Å². The molecule has 0 bridgehead atoms. The van der Waals surface area contributed by atoms with Gasteiger partial charge in [-0.1, -0.05) is 18.2 Å². The van der Waals surface area contributed by atoms with Gasteiger partial charge in [0.2, 0.25) is 0 Å². The fraction of sp³-hybridized carbons (Fsp3) is 0.462. The summed E-state index contributed by atoms with van der Waals surface area (Å²) in [5, 5.41) is 0. The summed E-state index contributed by atoms with van der Waals surface area (Å²) in [5.74, 6) is 0. The topological polar surface area (TPSA) is 59.1 Å². The summed E-state index contributed by atoms with van der Waals surface area (Å²) in [7, 11) is -0.357. The van der Waals surface area contributed by atoms with Gasteiger partial charge in [0.05, 0.1) is 6.16 Å². The molecule has 0 saturated carbocycles. The van der Waals surface area contributed by atoms with Crippen molar-refractivity contribution in [3.8, 4) is 0 Å². The van der Waals surface area contributed by atoms with Gasteiger partial charge >= 0.3 is 13.6 Å². The largest absolute Gasteiger partial charge is 0.331 e. The molecule has 1 aromatic rings. The second kappa shape index (κ2) is 6.39. The fourth-order valence-corrected chi connectivity index (χ4v) is 3.14. The van der Waals surface area contributed by atoms with Gasteiger partial charge in [0, 0.05) is 39.5 Å². The minimum Gasteiger partial charge on any atom is -0.322 e. The average Bonchev–Trinajstić information content (AvgIpc) is 2.87. The van der Waals surface area contributed by atoms with Crippen LogP contribution in [0.25, 0.3) is 0 Å². The van der Waals surface area contributed by atoms with E-state index in [1.54, 1.807) is 9.80 Å². The van der Waals surface area contributed by atoms with Gasteiger partial charge in [-0.3, -0.25) is 9.46 Å². The Bertz CT molecular complexity index is 500. The number of nitrogens with zero attached hydrogens (tertiary/aromatic N) is 2. The summed E-state index contributed by atoms with van der Waals surface area (Å²) in [6, 6.07) is 9.43. The van der Waals surface area contributed by atoms with E-state index >= 15 is 0 Å². The molecule has 6 nitrogen and oxygen atoms in total. The highest BCUT2D eigenvalue weighted by atomic mass is 31.2. The summed E-state index contributed by atoms with van der Waals surface area (Å²) in [6.07, 6.45) is 0.203. The van der Waals surface area contributed by atoms with Crippen LogP contribution in [0.15, 0.2) is 30.3 Å². The van der Waals surface area contributed by atoms with Crippen molar-refractivity contribution in [2.24, 2.45) is 0 Å². The summed E-state index contributed by atoms with van der Waals surface area (Å²) in [6.45, 7) is 1.61. The Morgan fingerprint density at radius 3 is 2.40 bits per heavy atom. The van der Waals surface area contributed by atoms with E-state index in [0.717, 1.165) is 5.69 Å². The Hall–Kier alpha value is -1.36. The monoisotopic (exact) mass is 298 g/mol. The third-order valence-corrected chi connectivity index (χ3v) is 5.22. The Morgan fingerprint density at radius 1 is 1.15 bits per heavy atom. The van der Waals surface area contributed by atoms with Gasteiger partial charge in [0.15, 0.2) is 0 Å². The number of benzene rings is 1. The third kappa shape index (κ3) is 3.20. The molecule has 20 heavy (non-hydrogen) atoms. The third-order valence-electron chi connectivity index (χ3n) is 3.36. The molecule has 1 aliphatic rings. The normalized spacial score (nSPS) is 16.0. The van der Waals surface area contributed by atoms with Crippen LogP contribution in [-0.2, 0) is 13.6 Å². The summed E-state index contributed by atoms with van der Waals surface area (Å²) in [4.78, 5) is 15.7. The van der Waals surface area contributed by atoms with Gasteiger partial charge in [-0.15, -0.1) is 0 Å². The van der Waals surface area contributed by atoms with E-state index in [1.807, 2.05) is 30.3 Å². The summed E-state index contributed by atoms with van der Waals surface area (Å²) >= 11 is 0. The predicted octanol–water partition coefficient (Wildman–Crippen LogP) is 2.41. The SMILES string of the molecule is COP(=O)(CCN1CCN(c2ccccc2)C1=O)OC. The average molecular weight is 298 g/mol. The van der Waals surface area contributed by atoms with Crippen molar-refractivity contribution in [2.45, 2.75) is 0 Å². The van der Waals surface area contributed by atoms with Crippen molar-refractivity contribution in [1.82, 2.24) is 4.90 Å². The van der Waals surface area contributed by atoms with Crippen molar-refractivity contribution in [2.75, 3.05) is 44.9 Å². The van der Waals surface area contributed by atoms with Gasteiger partial charge in [-0.05, 0) is 12.1 Å². The van der Waals surface area contributed by atoms with E-state index in [1.165, 1.54) is 14.2 Å². The maximum atomic E-state index is 12.3. The summed E-state index contributed by atoms with van der Waals surface area (Å²) < 4.78 is 21.7. The first-order chi connectivity index (χ1) is 9.59. The number of urea groups is 1. The molecule has 1 aliphatic heterocycles. The molecule has 1 aromatic carbocycles. The highest BCUT2D eigenvalue weighted by Gasteiger charge is 2.31. The zero-order valence-corrected chi connectivity index (χ0v) is 12.6. The lowest BCUT2D eigenvalue weighted by molar-refractivity contribution is 0.221. The van der Waals surface area contributed by atoms with Crippen molar-refractivity contribution >= 4 is 19.3 Å². The maximum absolute atomic E-state index is 12.3. The molecule has 110 valence electrons. The molecule has 1 fully saturated rings. The number of carbonyl (C=O) groups excluding carboxylic acids is 1. The van der Waals surface area contributed by atoms with Crippen molar-refractivity contribution in [3.05, 3.63) is 30.3 Å². The Balaban J connectivity index is 1.97. The van der Waals surface area contributed by atoms with E-state index in [9.17, 15) is 9.36 Å². The van der Waals surface area contributed by atoms with Gasteiger partial charge in [-0.2, -0.15) is 0 Å². The molecule has 2 rings (SSSR count). The minimum atomic E-state index is -3.06. The second-order valence-electron chi connectivity index (χ2n) is 4.46. The van der Waals surface area contributed by atoms with Crippen molar-refractivity contribution < 1.29 is 18.4 Å². The number of hydrogen-bond acceptors (Lipinski definition) is 4. The number of amides is 2. The zero-order chi connectivity index (χ0) is 14.6. The molecule has 1 saturated heterocycles. The molecule has 0 aliphatic carbocycles. The molecular weight excluding hydrogens is 279 g/mol. The Kier molecular flexibility index (Phi) is 4.81. The fourth-order valence-electron chi connectivity index (χ4n) is 2.14. The highest BCUT2D eigenvalue weighted by molar-refractivity contribution is 7.53. The molecule has 7 heteroatoms. The van der Waals surface area contributed by atoms with Crippen LogP contribution in [0.4, 0.5) is 10.5 Å². The van der Waals surface area contributed by atoms with Crippen molar-refractivity contribution in [3.63, 3.8) is 0 Å². The van der Waals surface area contributed by atoms with E-state index in [4.69, 9.17) is 9.05 Å². The van der Waals surface area contributed by atoms with E-state index in [-0.39, 0.29) is 12.2 Å². The van der Waals surface area contributed by atoms with E-state index < -0.39 is 7.60 Å². The van der Waals surface area contributed by atoms with Crippen LogP contribution in [0, 0.1) is 0 Å². The molecule has 0 aromatic heterocycles. The van der Waals surface area contributed by atoms with E-state index in [2.05, 4.69) is 0 Å². The maximum Gasteiger partial charge on any atom is 0.331 e. The van der Waals surface area contributed by atoms with Gasteiger partial charge in [-0.25, -0.2) is 4.79 Å². The standard InChI is InChI=1S/C13H19N2O4P/c1-18-20(17,19-2)11-10-14-8-9-15(13(14)16)12-6-4-3-5-7-12/h3-7H,8-11H2,1-2H3. The molecule has 1 heterocycles. The smallest absolute Gasteiger partial charge is 0.322 e. The van der Waals surface area contributed by atoms with Crippen molar-refractivity contribution in [1.29, 1.82) is 0 Å². The summed E-state index contributed by atoms with van der Waals surface area (Å²) in [5.41, 5.74) is 0.877. The first-order valence-electron chi connectivity index (χ1n) is 6.41. The quantitative estimate of drug-likeness (QED) is 0.757. The Labute approximate surface area is 118 Å². The first-order valence-corrected chi connectivity index (χ1v) is 8.14. The number of rotatable bonds is 6. The number of para-hydroxylation sites is 1. The molecule has 0 atom stereocenters. The molecule has 2 amide bonds. The van der Waals surface area contributed by atoms with Crippen LogP contribution in [-0.4, -0.2) is 50.9 Å². The lowest BCUT2D eigenvalue weighted by Crippen LogP contribution is -2.33. The van der Waals surface area contributed by atoms with Crippen LogP contribution in [0.2, 0.25) is 0 Å². The number of anilines is 1. The second-order valence-corrected chi connectivity index (χ2v) is 6.86. The first kappa shape index (κ1) is 15.0. The molecule has 0 radical (unpaired) electrons. The Morgan fingerprint density at radius 2 is 1.80 bits per heavy atom. The lowest BCUT2D eigenvalue weighted by atomic mass is 10.3. The highest BCUT2D eigenvalue weighted by Crippen LogP contribution is 2.46. The molecule has 0 spiro atoms. The van der Waals surface area contributed by atoms with Crippen LogP contribution in [0.3, 0.4) is 0 Å². The molecule has 0 N–H and O–H groups in total. The minimum absolute atomic E-state index is 0.0741. The number of carbonyl (C=O) groups is 1.